The molecule has 1 rings (SSSR count). The molecule has 4 heteroatoms. The Kier molecular flexibility index (Phi) is 2.91. The van der Waals surface area contributed by atoms with Gasteiger partial charge in [-0.1, -0.05) is 18.5 Å². The van der Waals surface area contributed by atoms with Gasteiger partial charge in [-0.2, -0.15) is 5.10 Å². The van der Waals surface area contributed by atoms with Gasteiger partial charge in [-0.15, -0.1) is 0 Å². The molecule has 0 aromatic carbocycles. The number of nitrogens with zero attached hydrogens (tertiary/aromatic N) is 1. The summed E-state index contributed by atoms with van der Waals surface area (Å²) in [6.45, 7) is 2.05. The molecule has 1 atom stereocenters. The average molecular weight is 174 g/mol. The van der Waals surface area contributed by atoms with E-state index >= 15 is 0 Å². The summed E-state index contributed by atoms with van der Waals surface area (Å²) in [7, 11) is 0. The Morgan fingerprint density at radius 2 is 2.55 bits per heavy atom. The minimum atomic E-state index is 0.174. The fourth-order valence-electron chi connectivity index (χ4n) is 0.848. The first kappa shape index (κ1) is 8.56. The Labute approximate surface area is 70.9 Å². The van der Waals surface area contributed by atoms with Crippen molar-refractivity contribution in [2.75, 3.05) is 0 Å². The fraction of sp³-hybridized carbons (Fsp3) is 0.571. The maximum atomic E-state index is 5.79. The van der Waals surface area contributed by atoms with Crippen molar-refractivity contribution < 1.29 is 0 Å². The number of nitrogens with one attached hydrogen (secondary N) is 1. The van der Waals surface area contributed by atoms with Crippen LogP contribution >= 0.6 is 11.6 Å². The highest BCUT2D eigenvalue weighted by atomic mass is 35.5. The molecule has 0 fully saturated rings. The van der Waals surface area contributed by atoms with E-state index in [0.29, 0.717) is 5.02 Å². The molecule has 1 aromatic heterocycles. The van der Waals surface area contributed by atoms with Crippen LogP contribution in [0.4, 0.5) is 0 Å². The fourth-order valence-corrected chi connectivity index (χ4v) is 1.02. The molecule has 1 aromatic rings. The van der Waals surface area contributed by atoms with E-state index in [4.69, 9.17) is 17.3 Å². The van der Waals surface area contributed by atoms with Crippen LogP contribution in [0.25, 0.3) is 0 Å². The lowest BCUT2D eigenvalue weighted by Gasteiger charge is -2.05. The molecular formula is C7H12ClN3. The van der Waals surface area contributed by atoms with Crippen LogP contribution in [-0.2, 0) is 6.42 Å². The molecule has 0 radical (unpaired) electrons. The topological polar surface area (TPSA) is 54.7 Å². The smallest absolute Gasteiger partial charge is 0.0815 e. The number of aromatic nitrogens is 2. The van der Waals surface area contributed by atoms with E-state index in [1.807, 2.05) is 0 Å². The molecule has 3 N–H and O–H groups in total. The molecule has 11 heavy (non-hydrogen) atoms. The predicted octanol–water partition coefficient (Wildman–Crippen LogP) is 1.34. The van der Waals surface area contributed by atoms with Gasteiger partial charge in [-0.05, 0) is 6.42 Å². The van der Waals surface area contributed by atoms with Gasteiger partial charge >= 0.3 is 0 Å². The van der Waals surface area contributed by atoms with E-state index in [9.17, 15) is 0 Å². The zero-order valence-corrected chi connectivity index (χ0v) is 7.23. The maximum Gasteiger partial charge on any atom is 0.0815 e. The Bertz CT molecular complexity index is 221. The van der Waals surface area contributed by atoms with Gasteiger partial charge in [0, 0.05) is 12.5 Å². The zero-order chi connectivity index (χ0) is 8.27. The third kappa shape index (κ3) is 2.20. The number of hydrogen-bond acceptors (Lipinski definition) is 2. The van der Waals surface area contributed by atoms with Crippen molar-refractivity contribution in [3.63, 3.8) is 0 Å². The van der Waals surface area contributed by atoms with Crippen molar-refractivity contribution in [1.82, 2.24) is 10.2 Å². The summed E-state index contributed by atoms with van der Waals surface area (Å²) in [6, 6.07) is 0.174. The Balaban J connectivity index is 2.56. The summed E-state index contributed by atoms with van der Waals surface area (Å²) in [5.41, 5.74) is 6.66. The maximum absolute atomic E-state index is 5.79. The highest BCUT2D eigenvalue weighted by molar-refractivity contribution is 6.31. The molecular weight excluding hydrogens is 162 g/mol. The van der Waals surface area contributed by atoms with Gasteiger partial charge in [0.15, 0.2) is 0 Å². The summed E-state index contributed by atoms with van der Waals surface area (Å²) in [6.07, 6.45) is 3.32. The first-order valence-corrected chi connectivity index (χ1v) is 4.05. The lowest BCUT2D eigenvalue weighted by Crippen LogP contribution is -2.21. The van der Waals surface area contributed by atoms with Gasteiger partial charge in [0.2, 0.25) is 0 Å². The van der Waals surface area contributed by atoms with Gasteiger partial charge in [0.05, 0.1) is 16.9 Å². The van der Waals surface area contributed by atoms with Gasteiger partial charge < -0.3 is 5.73 Å². The third-order valence-corrected chi connectivity index (χ3v) is 1.98. The van der Waals surface area contributed by atoms with E-state index in [1.54, 1.807) is 6.20 Å². The third-order valence-electron chi connectivity index (χ3n) is 1.66. The molecule has 0 amide bonds. The molecule has 0 saturated heterocycles. The van der Waals surface area contributed by atoms with Crippen LogP contribution < -0.4 is 5.73 Å². The molecule has 62 valence electrons. The van der Waals surface area contributed by atoms with E-state index in [1.165, 1.54) is 0 Å². The van der Waals surface area contributed by atoms with Crippen molar-refractivity contribution >= 4 is 11.6 Å². The normalized spacial score (nSPS) is 13.4. The van der Waals surface area contributed by atoms with Crippen LogP contribution in [0.15, 0.2) is 6.20 Å². The molecule has 1 unspecified atom stereocenters. The molecule has 3 nitrogen and oxygen atoms in total. The summed E-state index contributed by atoms with van der Waals surface area (Å²) in [5.74, 6) is 0. The predicted molar refractivity (Wildman–Crippen MR) is 45.6 cm³/mol. The van der Waals surface area contributed by atoms with Crippen molar-refractivity contribution in [2.24, 2.45) is 5.73 Å². The molecule has 0 aliphatic rings. The molecule has 0 aliphatic heterocycles. The highest BCUT2D eigenvalue weighted by Crippen LogP contribution is 2.13. The first-order valence-electron chi connectivity index (χ1n) is 3.67. The van der Waals surface area contributed by atoms with E-state index < -0.39 is 0 Å². The SMILES string of the molecule is CCC(N)Cc1[nH]ncc1Cl. The number of hydrogen-bond donors (Lipinski definition) is 2. The quantitative estimate of drug-likeness (QED) is 0.725. The lowest BCUT2D eigenvalue weighted by atomic mass is 10.1. The number of nitrogens with two attached hydrogens (primary N) is 1. The molecule has 0 saturated carbocycles. The standard InChI is InChI=1S/C7H12ClN3/c1-2-5(9)3-7-6(8)4-10-11-7/h4-5H,2-3,9H2,1H3,(H,10,11). The monoisotopic (exact) mass is 173 g/mol. The van der Waals surface area contributed by atoms with Crippen LogP contribution in [0.5, 0.6) is 0 Å². The number of halogens is 1. The second-order valence-corrected chi connectivity index (χ2v) is 2.98. The molecule has 0 aliphatic carbocycles. The lowest BCUT2D eigenvalue weighted by molar-refractivity contribution is 0.635. The van der Waals surface area contributed by atoms with Crippen molar-refractivity contribution in [2.45, 2.75) is 25.8 Å². The van der Waals surface area contributed by atoms with E-state index in [-0.39, 0.29) is 6.04 Å². The van der Waals surface area contributed by atoms with Crippen LogP contribution in [-0.4, -0.2) is 16.2 Å². The molecule has 0 bridgehead atoms. The highest BCUT2D eigenvalue weighted by Gasteiger charge is 2.06. The molecule has 0 spiro atoms. The summed E-state index contributed by atoms with van der Waals surface area (Å²) < 4.78 is 0. The minimum Gasteiger partial charge on any atom is -0.327 e. The zero-order valence-electron chi connectivity index (χ0n) is 6.47. The second kappa shape index (κ2) is 3.74. The first-order chi connectivity index (χ1) is 5.24. The minimum absolute atomic E-state index is 0.174. The summed E-state index contributed by atoms with van der Waals surface area (Å²) in [5, 5.41) is 7.28. The van der Waals surface area contributed by atoms with Crippen LogP contribution in [0.3, 0.4) is 0 Å². The number of aromatic amines is 1. The van der Waals surface area contributed by atoms with Gasteiger partial charge in [-0.25, -0.2) is 0 Å². The van der Waals surface area contributed by atoms with Gasteiger partial charge in [0.1, 0.15) is 0 Å². The second-order valence-electron chi connectivity index (χ2n) is 2.57. The summed E-state index contributed by atoms with van der Waals surface area (Å²) >= 11 is 5.79. The van der Waals surface area contributed by atoms with Crippen molar-refractivity contribution in [3.05, 3.63) is 16.9 Å². The molecule has 1 heterocycles. The largest absolute Gasteiger partial charge is 0.327 e. The van der Waals surface area contributed by atoms with Crippen molar-refractivity contribution in [3.8, 4) is 0 Å². The van der Waals surface area contributed by atoms with Gasteiger partial charge in [0.25, 0.3) is 0 Å². The number of H-pyrrole nitrogens is 1. The number of rotatable bonds is 3. The summed E-state index contributed by atoms with van der Waals surface area (Å²) in [4.78, 5) is 0. The van der Waals surface area contributed by atoms with Crippen LogP contribution in [0.2, 0.25) is 5.02 Å². The van der Waals surface area contributed by atoms with Gasteiger partial charge in [-0.3, -0.25) is 5.10 Å². The van der Waals surface area contributed by atoms with Crippen molar-refractivity contribution in [1.29, 1.82) is 0 Å². The van der Waals surface area contributed by atoms with E-state index in [2.05, 4.69) is 17.1 Å². The Hall–Kier alpha value is -0.540. The van der Waals surface area contributed by atoms with Crippen LogP contribution in [0, 0.1) is 0 Å². The Morgan fingerprint density at radius 3 is 3.00 bits per heavy atom. The Morgan fingerprint density at radius 1 is 1.82 bits per heavy atom. The average Bonchev–Trinajstić information content (AvgIpc) is 2.37. The van der Waals surface area contributed by atoms with E-state index in [0.717, 1.165) is 18.5 Å². The van der Waals surface area contributed by atoms with Crippen LogP contribution in [0.1, 0.15) is 19.0 Å².